The van der Waals surface area contributed by atoms with Gasteiger partial charge in [-0.1, -0.05) is 17.8 Å². The number of alkyl halides is 3. The molecule has 4 nitrogen and oxygen atoms in total. The number of nitrogens with zero attached hydrogens (tertiary/aromatic N) is 2. The number of thioether (sulfide) groups is 1. The van der Waals surface area contributed by atoms with Crippen LogP contribution in [0, 0.1) is 0 Å². The zero-order valence-electron chi connectivity index (χ0n) is 9.86. The lowest BCUT2D eigenvalue weighted by atomic mass is 10.2. The molecule has 0 unspecified atom stereocenters. The lowest BCUT2D eigenvalue weighted by Gasteiger charge is -2.15. The Morgan fingerprint density at radius 3 is 2.84 bits per heavy atom. The molecule has 0 fully saturated rings. The first-order chi connectivity index (χ1) is 8.83. The van der Waals surface area contributed by atoms with Gasteiger partial charge in [0.2, 0.25) is 0 Å². The molecule has 8 heteroatoms. The number of ether oxygens (including phenoxy) is 1. The van der Waals surface area contributed by atoms with Crippen LogP contribution in [0.2, 0.25) is 0 Å². The summed E-state index contributed by atoms with van der Waals surface area (Å²) < 4.78 is 40.2. The Labute approximate surface area is 111 Å². The Kier molecular flexibility index (Phi) is 3.70. The summed E-state index contributed by atoms with van der Waals surface area (Å²) in [6.07, 6.45) is -4.71. The lowest BCUT2D eigenvalue weighted by molar-refractivity contribution is -0.274. The van der Waals surface area contributed by atoms with Crippen molar-refractivity contribution in [3.63, 3.8) is 0 Å². The molecule has 0 aliphatic carbocycles. The molecule has 2 rings (SSSR count). The van der Waals surface area contributed by atoms with Crippen molar-refractivity contribution in [3.05, 3.63) is 23.8 Å². The molecule has 0 amide bonds. The van der Waals surface area contributed by atoms with Gasteiger partial charge in [0.15, 0.2) is 5.17 Å². The van der Waals surface area contributed by atoms with Crippen LogP contribution in [0.5, 0.6) is 5.75 Å². The molecule has 1 aromatic carbocycles. The fourth-order valence-corrected chi connectivity index (χ4v) is 2.35. The van der Waals surface area contributed by atoms with Crippen LogP contribution in [0.1, 0.15) is 12.5 Å². The molecule has 0 radical (unpaired) electrons. The van der Waals surface area contributed by atoms with Crippen LogP contribution < -0.4 is 10.5 Å². The topological polar surface area (TPSA) is 60.0 Å². The highest BCUT2D eigenvalue weighted by Crippen LogP contribution is 2.35. The number of hydrogen-bond donors (Lipinski definition) is 1. The normalized spacial score (nSPS) is 15.8. The van der Waals surface area contributed by atoms with Crippen molar-refractivity contribution in [3.8, 4) is 5.75 Å². The molecule has 0 saturated carbocycles. The van der Waals surface area contributed by atoms with Crippen LogP contribution in [-0.4, -0.2) is 17.4 Å². The van der Waals surface area contributed by atoms with Crippen molar-refractivity contribution in [2.24, 2.45) is 15.7 Å². The number of hydrogen-bond acceptors (Lipinski definition) is 4. The summed E-state index contributed by atoms with van der Waals surface area (Å²) in [5.74, 6) is 0.629. The van der Waals surface area contributed by atoms with Gasteiger partial charge in [-0.3, -0.25) is 0 Å². The van der Waals surface area contributed by atoms with Gasteiger partial charge in [-0.25, -0.2) is 9.98 Å². The van der Waals surface area contributed by atoms with Gasteiger partial charge in [0.1, 0.15) is 5.75 Å². The predicted octanol–water partition coefficient (Wildman–Crippen LogP) is 3.20. The van der Waals surface area contributed by atoms with Gasteiger partial charge in [-0.2, -0.15) is 0 Å². The maximum Gasteiger partial charge on any atom is 0.573 e. The highest BCUT2D eigenvalue weighted by atomic mass is 32.2. The third kappa shape index (κ3) is 3.88. The first-order valence-electron chi connectivity index (χ1n) is 5.24. The molecule has 2 N–H and O–H groups in total. The molecule has 0 bridgehead atoms. The summed E-state index contributed by atoms with van der Waals surface area (Å²) in [5.41, 5.74) is 6.68. The molecule has 0 spiro atoms. The van der Waals surface area contributed by atoms with E-state index >= 15 is 0 Å². The van der Waals surface area contributed by atoms with Gasteiger partial charge in [-0.05, 0) is 18.6 Å². The molecule has 1 aliphatic rings. The second kappa shape index (κ2) is 5.12. The molecule has 102 valence electrons. The van der Waals surface area contributed by atoms with Crippen molar-refractivity contribution in [1.82, 2.24) is 0 Å². The first-order valence-corrected chi connectivity index (χ1v) is 6.23. The molecule has 1 aromatic rings. The monoisotopic (exact) mass is 289 g/mol. The molecular formula is C11H10F3N3OS. The van der Waals surface area contributed by atoms with Crippen LogP contribution in [0.15, 0.2) is 28.2 Å². The molecule has 0 aromatic heterocycles. The maximum absolute atomic E-state index is 12.1. The zero-order chi connectivity index (χ0) is 14.0. The average molecular weight is 289 g/mol. The number of halogens is 3. The average Bonchev–Trinajstić information content (AvgIpc) is 2.25. The van der Waals surface area contributed by atoms with Gasteiger partial charge in [-0.15, -0.1) is 13.2 Å². The second-order valence-corrected chi connectivity index (χ2v) is 4.72. The minimum Gasteiger partial charge on any atom is -0.406 e. The van der Waals surface area contributed by atoms with Crippen molar-refractivity contribution in [2.75, 3.05) is 0 Å². The van der Waals surface area contributed by atoms with Gasteiger partial charge < -0.3 is 10.5 Å². The second-order valence-electron chi connectivity index (χ2n) is 3.77. The summed E-state index contributed by atoms with van der Waals surface area (Å²) in [6, 6.07) is 4.07. The minimum absolute atomic E-state index is 0.297. The molecule has 1 aliphatic heterocycles. The molecule has 19 heavy (non-hydrogen) atoms. The van der Waals surface area contributed by atoms with E-state index in [1.807, 2.05) is 0 Å². The van der Waals surface area contributed by atoms with Crippen LogP contribution in [-0.2, 0) is 5.75 Å². The quantitative estimate of drug-likeness (QED) is 0.638. The van der Waals surface area contributed by atoms with Crippen LogP contribution >= 0.6 is 11.8 Å². The highest BCUT2D eigenvalue weighted by molar-refractivity contribution is 8.13. The Bertz CT molecular complexity index is 551. The standard InChI is InChI=1S/C11H10F3N3OS/c1-6(15)16-10-17-9-4-8(18-11(12,13)14)3-2-7(9)5-19-10/h2-4H,5H2,1H3,(H2,15,16,17). The number of rotatable bonds is 1. The number of aliphatic imine (C=N–C) groups is 2. The van der Waals surface area contributed by atoms with E-state index in [1.54, 1.807) is 13.0 Å². The number of benzene rings is 1. The Morgan fingerprint density at radius 1 is 1.47 bits per heavy atom. The zero-order valence-corrected chi connectivity index (χ0v) is 10.7. The van der Waals surface area contributed by atoms with Crippen molar-refractivity contribution in [2.45, 2.75) is 19.0 Å². The highest BCUT2D eigenvalue weighted by Gasteiger charge is 2.31. The Balaban J connectivity index is 2.30. The minimum atomic E-state index is -4.71. The van der Waals surface area contributed by atoms with Gasteiger partial charge >= 0.3 is 6.36 Å². The van der Waals surface area contributed by atoms with E-state index in [-0.39, 0.29) is 5.75 Å². The third-order valence-electron chi connectivity index (χ3n) is 2.14. The fourth-order valence-electron chi connectivity index (χ4n) is 1.45. The van der Waals surface area contributed by atoms with E-state index in [2.05, 4.69) is 14.7 Å². The molecular weight excluding hydrogens is 279 g/mol. The maximum atomic E-state index is 12.1. The summed E-state index contributed by atoms with van der Waals surface area (Å²) in [4.78, 5) is 8.12. The Morgan fingerprint density at radius 2 is 2.21 bits per heavy atom. The fraction of sp³-hybridized carbons (Fsp3) is 0.273. The molecule has 1 heterocycles. The summed E-state index contributed by atoms with van der Waals surface area (Å²) in [5, 5.41) is 0.427. The van der Waals surface area contributed by atoms with E-state index in [4.69, 9.17) is 5.73 Å². The smallest absolute Gasteiger partial charge is 0.406 e. The number of amidine groups is 2. The predicted molar refractivity (Wildman–Crippen MR) is 68.8 cm³/mol. The van der Waals surface area contributed by atoms with Gasteiger partial charge in [0.05, 0.1) is 11.5 Å². The molecule has 0 saturated heterocycles. The summed E-state index contributed by atoms with van der Waals surface area (Å²) in [7, 11) is 0. The van der Waals surface area contributed by atoms with Crippen LogP contribution in [0.3, 0.4) is 0 Å². The summed E-state index contributed by atoms with van der Waals surface area (Å²) >= 11 is 1.37. The van der Waals surface area contributed by atoms with E-state index in [0.29, 0.717) is 22.4 Å². The third-order valence-corrected chi connectivity index (χ3v) is 3.03. The van der Waals surface area contributed by atoms with E-state index in [0.717, 1.165) is 5.56 Å². The summed E-state index contributed by atoms with van der Waals surface area (Å²) in [6.45, 7) is 1.61. The van der Waals surface area contributed by atoms with Crippen molar-refractivity contribution in [1.29, 1.82) is 0 Å². The SMILES string of the molecule is CC(N)=NC1=Nc2cc(OC(F)(F)F)ccc2CS1. The van der Waals surface area contributed by atoms with E-state index in [1.165, 1.54) is 23.9 Å². The largest absolute Gasteiger partial charge is 0.573 e. The van der Waals surface area contributed by atoms with Gasteiger partial charge in [0.25, 0.3) is 0 Å². The van der Waals surface area contributed by atoms with Gasteiger partial charge in [0, 0.05) is 11.8 Å². The van der Waals surface area contributed by atoms with Crippen LogP contribution in [0.25, 0.3) is 0 Å². The van der Waals surface area contributed by atoms with Crippen LogP contribution in [0.4, 0.5) is 18.9 Å². The van der Waals surface area contributed by atoms with E-state index < -0.39 is 6.36 Å². The van der Waals surface area contributed by atoms with Crippen molar-refractivity contribution < 1.29 is 17.9 Å². The first kappa shape index (κ1) is 13.7. The molecule has 0 atom stereocenters. The van der Waals surface area contributed by atoms with Crippen molar-refractivity contribution >= 4 is 28.5 Å². The lowest BCUT2D eigenvalue weighted by Crippen LogP contribution is -2.17. The number of fused-ring (bicyclic) bond motifs is 1. The Hall–Kier alpha value is -1.70. The number of nitrogens with two attached hydrogens (primary N) is 1. The van der Waals surface area contributed by atoms with E-state index in [9.17, 15) is 13.2 Å².